The van der Waals surface area contributed by atoms with Gasteiger partial charge in [-0.05, 0) is 18.6 Å². The van der Waals surface area contributed by atoms with E-state index in [0.29, 0.717) is 17.7 Å². The third-order valence-corrected chi connectivity index (χ3v) is 3.99. The first kappa shape index (κ1) is 18.7. The highest BCUT2D eigenvalue weighted by atomic mass is 16.5. The fourth-order valence-corrected chi connectivity index (χ4v) is 2.60. The molecule has 0 fully saturated rings. The Hall–Kier alpha value is -2.63. The molecule has 0 aliphatic rings. The zero-order valence-electron chi connectivity index (χ0n) is 14.8. The Morgan fingerprint density at radius 1 is 0.960 bits per heavy atom. The van der Waals surface area contributed by atoms with Gasteiger partial charge < -0.3 is 24.1 Å². The second-order valence-corrected chi connectivity index (χ2v) is 5.79. The molecule has 0 spiro atoms. The van der Waals surface area contributed by atoms with Crippen LogP contribution in [0, 0.1) is 0 Å². The Kier molecular flexibility index (Phi) is 6.33. The number of phenolic OH excluding ortho intramolecular Hbond substituents is 1. The van der Waals surface area contributed by atoms with Gasteiger partial charge in [0.15, 0.2) is 17.3 Å². The lowest BCUT2D eigenvalue weighted by atomic mass is 10.1. The molecule has 2 rings (SSSR count). The van der Waals surface area contributed by atoms with Crippen molar-refractivity contribution in [1.29, 1.82) is 0 Å². The molecule has 2 N–H and O–H groups in total. The van der Waals surface area contributed by atoms with Crippen molar-refractivity contribution in [1.82, 2.24) is 0 Å². The third kappa shape index (κ3) is 4.26. The molecule has 136 valence electrons. The molecule has 0 unspecified atom stereocenters. The number of aromatic hydroxyl groups is 2. The number of hydrogen-bond acceptors (Lipinski definition) is 6. The van der Waals surface area contributed by atoms with Crippen LogP contribution in [0.2, 0.25) is 0 Å². The lowest BCUT2D eigenvalue weighted by molar-refractivity contribution is 0.339. The van der Waals surface area contributed by atoms with Gasteiger partial charge in [0.1, 0.15) is 5.76 Å². The normalized spacial score (nSPS) is 10.7. The topological polar surface area (TPSA) is 89.1 Å². The molecule has 1 aromatic carbocycles. The van der Waals surface area contributed by atoms with E-state index in [-0.39, 0.29) is 23.0 Å². The first-order valence-electron chi connectivity index (χ1n) is 8.33. The molecule has 0 radical (unpaired) electrons. The minimum absolute atomic E-state index is 0.0367. The zero-order valence-corrected chi connectivity index (χ0v) is 14.8. The van der Waals surface area contributed by atoms with Crippen LogP contribution in [0.25, 0.3) is 11.3 Å². The first-order chi connectivity index (χ1) is 12.0. The van der Waals surface area contributed by atoms with E-state index in [2.05, 4.69) is 6.92 Å². The molecule has 6 nitrogen and oxygen atoms in total. The molecule has 0 saturated heterocycles. The Morgan fingerprint density at radius 3 is 2.16 bits per heavy atom. The predicted octanol–water partition coefficient (Wildman–Crippen LogP) is 3.86. The van der Waals surface area contributed by atoms with Gasteiger partial charge in [0.2, 0.25) is 16.9 Å². The monoisotopic (exact) mass is 348 g/mol. The highest BCUT2D eigenvalue weighted by molar-refractivity contribution is 5.70. The summed E-state index contributed by atoms with van der Waals surface area (Å²) in [5.74, 6) is 0.224. The van der Waals surface area contributed by atoms with E-state index in [4.69, 9.17) is 13.9 Å². The van der Waals surface area contributed by atoms with Gasteiger partial charge in [-0.3, -0.25) is 4.79 Å². The van der Waals surface area contributed by atoms with Crippen LogP contribution in [0.15, 0.2) is 27.4 Å². The molecule has 0 saturated carbocycles. The highest BCUT2D eigenvalue weighted by Gasteiger charge is 2.18. The van der Waals surface area contributed by atoms with Crippen molar-refractivity contribution in [2.45, 2.75) is 39.0 Å². The number of rotatable bonds is 8. The van der Waals surface area contributed by atoms with E-state index in [1.165, 1.54) is 32.4 Å². The minimum Gasteiger partial charge on any atom is -0.502 e. The van der Waals surface area contributed by atoms with Crippen LogP contribution in [-0.4, -0.2) is 24.4 Å². The molecule has 2 aromatic rings. The van der Waals surface area contributed by atoms with Crippen LogP contribution in [-0.2, 0) is 6.42 Å². The largest absolute Gasteiger partial charge is 0.502 e. The smallest absolute Gasteiger partial charge is 0.227 e. The van der Waals surface area contributed by atoms with Gasteiger partial charge >= 0.3 is 0 Å². The number of unbranched alkanes of at least 4 members (excludes halogenated alkanes) is 3. The molecule has 0 aliphatic carbocycles. The molecule has 0 bridgehead atoms. The Morgan fingerprint density at radius 2 is 1.60 bits per heavy atom. The van der Waals surface area contributed by atoms with Crippen molar-refractivity contribution in [2.24, 2.45) is 0 Å². The number of hydrogen-bond donors (Lipinski definition) is 2. The van der Waals surface area contributed by atoms with Gasteiger partial charge in [-0.1, -0.05) is 26.2 Å². The molecule has 6 heteroatoms. The maximum absolute atomic E-state index is 12.1. The van der Waals surface area contributed by atoms with Crippen molar-refractivity contribution in [3.63, 3.8) is 0 Å². The lowest BCUT2D eigenvalue weighted by Gasteiger charge is -2.12. The quantitative estimate of drug-likeness (QED) is 0.704. The van der Waals surface area contributed by atoms with Gasteiger partial charge in [-0.15, -0.1) is 0 Å². The van der Waals surface area contributed by atoms with E-state index < -0.39 is 11.2 Å². The van der Waals surface area contributed by atoms with Crippen LogP contribution in [0.3, 0.4) is 0 Å². The average molecular weight is 348 g/mol. The van der Waals surface area contributed by atoms with Crippen molar-refractivity contribution >= 4 is 0 Å². The summed E-state index contributed by atoms with van der Waals surface area (Å²) in [6.07, 6.45) is 4.83. The second kappa shape index (κ2) is 8.46. The highest BCUT2D eigenvalue weighted by Crippen LogP contribution is 2.41. The molecule has 0 atom stereocenters. The van der Waals surface area contributed by atoms with E-state index >= 15 is 0 Å². The van der Waals surface area contributed by atoms with Crippen molar-refractivity contribution in [2.75, 3.05) is 14.2 Å². The number of methoxy groups -OCH3 is 2. The molecular formula is C19H24O6. The maximum Gasteiger partial charge on any atom is 0.227 e. The molecule has 1 heterocycles. The second-order valence-electron chi connectivity index (χ2n) is 5.79. The summed E-state index contributed by atoms with van der Waals surface area (Å²) in [7, 11) is 2.80. The summed E-state index contributed by atoms with van der Waals surface area (Å²) in [5, 5.41) is 20.1. The maximum atomic E-state index is 12.1. The van der Waals surface area contributed by atoms with E-state index in [1.807, 2.05) is 0 Å². The number of benzene rings is 1. The van der Waals surface area contributed by atoms with Gasteiger partial charge in [0, 0.05) is 18.1 Å². The molecule has 0 amide bonds. The van der Waals surface area contributed by atoms with Crippen molar-refractivity contribution in [3.05, 3.63) is 34.2 Å². The van der Waals surface area contributed by atoms with Crippen molar-refractivity contribution in [3.8, 4) is 34.3 Å². The summed E-state index contributed by atoms with van der Waals surface area (Å²) in [5.41, 5.74) is -0.116. The summed E-state index contributed by atoms with van der Waals surface area (Å²) < 4.78 is 16.0. The SMILES string of the molecule is CCCCCCc1cc(=O)c(O)c(-c2cc(OC)c(O)c(OC)c2)o1. The van der Waals surface area contributed by atoms with Crippen LogP contribution in [0.5, 0.6) is 23.0 Å². The van der Waals surface area contributed by atoms with Gasteiger partial charge in [-0.2, -0.15) is 0 Å². The first-order valence-corrected chi connectivity index (χ1v) is 8.33. The third-order valence-electron chi connectivity index (χ3n) is 3.99. The molecular weight excluding hydrogens is 324 g/mol. The summed E-state index contributed by atoms with van der Waals surface area (Å²) in [4.78, 5) is 12.1. The number of phenols is 1. The Labute approximate surface area is 146 Å². The zero-order chi connectivity index (χ0) is 18.4. The predicted molar refractivity (Wildman–Crippen MR) is 94.7 cm³/mol. The van der Waals surface area contributed by atoms with Gasteiger partial charge in [-0.25, -0.2) is 0 Å². The Balaban J connectivity index is 2.44. The summed E-state index contributed by atoms with van der Waals surface area (Å²) in [6.45, 7) is 2.13. The number of ether oxygens (including phenoxy) is 2. The van der Waals surface area contributed by atoms with E-state index in [9.17, 15) is 15.0 Å². The molecule has 25 heavy (non-hydrogen) atoms. The lowest BCUT2D eigenvalue weighted by Crippen LogP contribution is -2.03. The fraction of sp³-hybridized carbons (Fsp3) is 0.421. The van der Waals surface area contributed by atoms with Crippen LogP contribution in [0.1, 0.15) is 38.4 Å². The summed E-state index contributed by atoms with van der Waals surface area (Å²) >= 11 is 0. The van der Waals surface area contributed by atoms with Gasteiger partial charge in [0.25, 0.3) is 0 Å². The fourth-order valence-electron chi connectivity index (χ4n) is 2.60. The van der Waals surface area contributed by atoms with Crippen LogP contribution >= 0.6 is 0 Å². The number of aryl methyl sites for hydroxylation is 1. The van der Waals surface area contributed by atoms with Crippen LogP contribution in [0.4, 0.5) is 0 Å². The standard InChI is InChI=1S/C19H24O6/c1-4-5-6-7-8-13-11-14(20)17(21)19(25-13)12-9-15(23-2)18(22)16(10-12)24-3/h9-11,21-22H,4-8H2,1-3H3. The Bertz CT molecular complexity index is 753. The summed E-state index contributed by atoms with van der Waals surface area (Å²) in [6, 6.07) is 4.28. The minimum atomic E-state index is -0.502. The average Bonchev–Trinajstić information content (AvgIpc) is 2.61. The van der Waals surface area contributed by atoms with E-state index in [0.717, 1.165) is 25.7 Å². The molecule has 1 aromatic heterocycles. The van der Waals surface area contributed by atoms with Crippen LogP contribution < -0.4 is 14.9 Å². The molecule has 0 aliphatic heterocycles. The van der Waals surface area contributed by atoms with Gasteiger partial charge in [0.05, 0.1) is 14.2 Å². The van der Waals surface area contributed by atoms with E-state index in [1.54, 1.807) is 0 Å². The van der Waals surface area contributed by atoms with Crippen molar-refractivity contribution < 1.29 is 24.1 Å².